The van der Waals surface area contributed by atoms with E-state index < -0.39 is 0 Å². The highest BCUT2D eigenvalue weighted by atomic mass is 32.2. The summed E-state index contributed by atoms with van der Waals surface area (Å²) in [5, 5.41) is 3.29. The van der Waals surface area contributed by atoms with Crippen LogP contribution in [-0.4, -0.2) is 17.7 Å². The van der Waals surface area contributed by atoms with Crippen molar-refractivity contribution in [2.75, 3.05) is 6.61 Å². The van der Waals surface area contributed by atoms with Gasteiger partial charge < -0.3 is 14.8 Å². The number of hydrogen-bond donors (Lipinski definition) is 1. The van der Waals surface area contributed by atoms with Gasteiger partial charge in [-0.05, 0) is 72.8 Å². The minimum absolute atomic E-state index is 0.126. The topological polar surface area (TPSA) is 59.9 Å². The van der Waals surface area contributed by atoms with Crippen molar-refractivity contribution in [3.8, 4) is 11.5 Å². The lowest BCUT2D eigenvalue weighted by Gasteiger charge is -2.08. The third kappa shape index (κ3) is 5.56. The Kier molecular flexibility index (Phi) is 6.87. The minimum Gasteiger partial charge on any atom is -0.494 e. The van der Waals surface area contributed by atoms with Crippen LogP contribution in [0.5, 0.6) is 11.5 Å². The van der Waals surface area contributed by atoms with Gasteiger partial charge in [0.2, 0.25) is 0 Å². The molecule has 1 N–H and O–H groups in total. The van der Waals surface area contributed by atoms with Gasteiger partial charge in [0, 0.05) is 5.56 Å². The molecule has 0 aromatic heterocycles. The highest BCUT2D eigenvalue weighted by Gasteiger charge is 2.23. The van der Waals surface area contributed by atoms with E-state index in [0.29, 0.717) is 28.0 Å². The Hall–Kier alpha value is -3.58. The van der Waals surface area contributed by atoms with Crippen molar-refractivity contribution in [2.24, 2.45) is 4.99 Å². The highest BCUT2D eigenvalue weighted by Crippen LogP contribution is 2.29. The molecule has 5 nitrogen and oxygen atoms in total. The third-order valence-corrected chi connectivity index (χ3v) is 5.45. The van der Waals surface area contributed by atoms with Crippen LogP contribution in [0, 0.1) is 5.82 Å². The van der Waals surface area contributed by atoms with Crippen molar-refractivity contribution >= 4 is 34.6 Å². The summed E-state index contributed by atoms with van der Waals surface area (Å²) in [4.78, 5) is 17.4. The number of hydrogen-bond acceptors (Lipinski definition) is 5. The number of aliphatic imine (C=N–C) groups is 1. The number of carbonyl (C=O) groups is 1. The fourth-order valence-electron chi connectivity index (χ4n) is 3.00. The summed E-state index contributed by atoms with van der Waals surface area (Å²) in [6.07, 6.45) is 1.77. The fourth-order valence-corrected chi connectivity index (χ4v) is 3.85. The summed E-state index contributed by atoms with van der Waals surface area (Å²) in [7, 11) is 0. The number of nitrogens with one attached hydrogen (secondary N) is 1. The summed E-state index contributed by atoms with van der Waals surface area (Å²) in [5.41, 5.74) is 2.01. The van der Waals surface area contributed by atoms with Gasteiger partial charge in [-0.1, -0.05) is 30.3 Å². The molecule has 162 valence electrons. The number of thioether (sulfide) groups is 1. The molecule has 1 saturated heterocycles. The third-order valence-electron chi connectivity index (χ3n) is 4.54. The lowest BCUT2D eigenvalue weighted by Crippen LogP contribution is -2.19. The molecule has 0 atom stereocenters. The molecular formula is C25H21FN2O3S. The molecule has 3 aromatic carbocycles. The van der Waals surface area contributed by atoms with Gasteiger partial charge in [-0.15, -0.1) is 0 Å². The van der Waals surface area contributed by atoms with Crippen LogP contribution in [0.1, 0.15) is 18.1 Å². The molecule has 0 aliphatic carbocycles. The van der Waals surface area contributed by atoms with E-state index in [9.17, 15) is 9.18 Å². The van der Waals surface area contributed by atoms with Crippen molar-refractivity contribution in [1.29, 1.82) is 0 Å². The molecule has 3 aromatic rings. The Labute approximate surface area is 190 Å². The Bertz CT molecular complexity index is 1180. The van der Waals surface area contributed by atoms with Crippen molar-refractivity contribution < 1.29 is 18.7 Å². The van der Waals surface area contributed by atoms with Gasteiger partial charge in [0.1, 0.15) is 23.9 Å². The summed E-state index contributed by atoms with van der Waals surface area (Å²) in [6, 6.07) is 21.2. The first-order valence-corrected chi connectivity index (χ1v) is 10.9. The number of halogens is 1. The quantitative estimate of drug-likeness (QED) is 0.472. The first-order valence-electron chi connectivity index (χ1n) is 10.1. The summed E-state index contributed by atoms with van der Waals surface area (Å²) in [5.74, 6) is 0.855. The molecule has 1 aliphatic rings. The second-order valence-electron chi connectivity index (χ2n) is 6.86. The van der Waals surface area contributed by atoms with Crippen LogP contribution in [-0.2, 0) is 11.4 Å². The van der Waals surface area contributed by atoms with Crippen LogP contribution in [0.4, 0.5) is 10.1 Å². The molecule has 0 saturated carbocycles. The smallest absolute Gasteiger partial charge is 0.264 e. The summed E-state index contributed by atoms with van der Waals surface area (Å²) < 4.78 is 24.9. The van der Waals surface area contributed by atoms with Gasteiger partial charge in [0.05, 0.1) is 17.2 Å². The van der Waals surface area contributed by atoms with Crippen molar-refractivity contribution in [1.82, 2.24) is 5.32 Å². The van der Waals surface area contributed by atoms with Crippen LogP contribution in [0.2, 0.25) is 0 Å². The molecule has 0 spiro atoms. The number of carbonyl (C=O) groups excluding carboxylic acids is 1. The average molecular weight is 449 g/mol. The molecule has 1 heterocycles. The highest BCUT2D eigenvalue weighted by molar-refractivity contribution is 8.18. The molecule has 1 aliphatic heterocycles. The zero-order valence-corrected chi connectivity index (χ0v) is 18.2. The van der Waals surface area contributed by atoms with Crippen LogP contribution in [0.3, 0.4) is 0 Å². The molecule has 1 fully saturated rings. The summed E-state index contributed by atoms with van der Waals surface area (Å²) in [6.45, 7) is 2.65. The maximum atomic E-state index is 13.8. The van der Waals surface area contributed by atoms with Crippen LogP contribution < -0.4 is 14.8 Å². The lowest BCUT2D eigenvalue weighted by molar-refractivity contribution is -0.115. The zero-order chi connectivity index (χ0) is 22.3. The molecular weight excluding hydrogens is 427 g/mol. The SMILES string of the molecule is CCOc1ccc(N=C2NC(=O)/C(=C\c3cccc(OCc4ccccc4F)c3)S2)cc1. The fraction of sp³-hybridized carbons (Fsp3) is 0.120. The molecule has 0 radical (unpaired) electrons. The average Bonchev–Trinajstić information content (AvgIpc) is 3.13. The number of rotatable bonds is 7. The minimum atomic E-state index is -0.302. The van der Waals surface area contributed by atoms with Gasteiger partial charge in [-0.25, -0.2) is 9.38 Å². The van der Waals surface area contributed by atoms with Crippen LogP contribution in [0.15, 0.2) is 82.7 Å². The number of nitrogens with zero attached hydrogens (tertiary/aromatic N) is 1. The van der Waals surface area contributed by atoms with E-state index in [1.165, 1.54) is 17.8 Å². The van der Waals surface area contributed by atoms with Crippen LogP contribution >= 0.6 is 11.8 Å². The van der Waals surface area contributed by atoms with Crippen molar-refractivity contribution in [3.05, 3.63) is 94.6 Å². The Morgan fingerprint density at radius 2 is 1.81 bits per heavy atom. The monoisotopic (exact) mass is 448 g/mol. The Balaban J connectivity index is 1.44. The maximum absolute atomic E-state index is 13.8. The van der Waals surface area contributed by atoms with Gasteiger partial charge in [-0.2, -0.15) is 0 Å². The predicted molar refractivity (Wildman–Crippen MR) is 126 cm³/mol. The van der Waals surface area contributed by atoms with E-state index in [1.807, 2.05) is 49.4 Å². The Morgan fingerprint density at radius 1 is 1.00 bits per heavy atom. The molecule has 7 heteroatoms. The van der Waals surface area contributed by atoms with Gasteiger partial charge >= 0.3 is 0 Å². The van der Waals surface area contributed by atoms with E-state index in [4.69, 9.17) is 9.47 Å². The van der Waals surface area contributed by atoms with E-state index in [2.05, 4.69) is 10.3 Å². The predicted octanol–water partition coefficient (Wildman–Crippen LogP) is 5.70. The van der Waals surface area contributed by atoms with E-state index in [1.54, 1.807) is 30.3 Å². The molecule has 0 unspecified atom stereocenters. The molecule has 32 heavy (non-hydrogen) atoms. The lowest BCUT2D eigenvalue weighted by atomic mass is 10.2. The van der Waals surface area contributed by atoms with Crippen LogP contribution in [0.25, 0.3) is 6.08 Å². The van der Waals surface area contributed by atoms with E-state index >= 15 is 0 Å². The number of ether oxygens (including phenoxy) is 2. The number of benzene rings is 3. The largest absolute Gasteiger partial charge is 0.494 e. The number of amidine groups is 1. The zero-order valence-electron chi connectivity index (χ0n) is 17.4. The normalized spacial score (nSPS) is 15.8. The van der Waals surface area contributed by atoms with E-state index in [-0.39, 0.29) is 18.3 Å². The van der Waals surface area contributed by atoms with Gasteiger partial charge in [0.25, 0.3) is 5.91 Å². The first-order chi connectivity index (χ1) is 15.6. The van der Waals surface area contributed by atoms with E-state index in [0.717, 1.165) is 17.0 Å². The standard InChI is InChI=1S/C25H21FN2O3S/c1-2-30-20-12-10-19(11-13-20)27-25-28-24(29)23(32-25)15-17-6-5-8-21(14-17)31-16-18-7-3-4-9-22(18)26/h3-15H,2,16H2,1H3,(H,27,28,29)/b23-15+. The maximum Gasteiger partial charge on any atom is 0.264 e. The van der Waals surface area contributed by atoms with Gasteiger partial charge in [-0.3, -0.25) is 4.79 Å². The molecule has 1 amide bonds. The Morgan fingerprint density at radius 3 is 2.59 bits per heavy atom. The van der Waals surface area contributed by atoms with Crippen molar-refractivity contribution in [3.63, 3.8) is 0 Å². The second kappa shape index (κ2) is 10.2. The molecule has 0 bridgehead atoms. The molecule has 4 rings (SSSR count). The summed E-state index contributed by atoms with van der Waals surface area (Å²) >= 11 is 1.27. The van der Waals surface area contributed by atoms with Gasteiger partial charge in [0.15, 0.2) is 5.17 Å². The van der Waals surface area contributed by atoms with Crippen molar-refractivity contribution in [2.45, 2.75) is 13.5 Å². The second-order valence-corrected chi connectivity index (χ2v) is 7.89. The number of amides is 1. The first kappa shape index (κ1) is 21.6.